The molecule has 1 saturated carbocycles. The molecule has 0 saturated heterocycles. The average Bonchev–Trinajstić information content (AvgIpc) is 3.31. The molecule has 1 aromatic heterocycles. The van der Waals surface area contributed by atoms with Crippen molar-refractivity contribution in [2.24, 2.45) is 13.0 Å². The lowest BCUT2D eigenvalue weighted by Crippen LogP contribution is -2.15. The predicted molar refractivity (Wildman–Crippen MR) is 92.4 cm³/mol. The van der Waals surface area contributed by atoms with Gasteiger partial charge in [0.15, 0.2) is 5.82 Å². The lowest BCUT2D eigenvalue weighted by atomic mass is 10.1. The molecule has 120 valence electrons. The zero-order valence-electron chi connectivity index (χ0n) is 13.4. The van der Waals surface area contributed by atoms with E-state index in [0.29, 0.717) is 5.92 Å². The van der Waals surface area contributed by atoms with E-state index in [1.807, 2.05) is 54.1 Å². The highest BCUT2D eigenvalue weighted by Gasteiger charge is 2.43. The van der Waals surface area contributed by atoms with E-state index in [1.54, 1.807) is 6.33 Å². The molecule has 0 radical (unpaired) electrons. The molecular formula is C19H18N4O. The van der Waals surface area contributed by atoms with E-state index in [9.17, 15) is 4.79 Å². The summed E-state index contributed by atoms with van der Waals surface area (Å²) in [6, 6.07) is 17.9. The van der Waals surface area contributed by atoms with Crippen molar-refractivity contribution in [3.05, 3.63) is 66.5 Å². The summed E-state index contributed by atoms with van der Waals surface area (Å²) in [7, 11) is 1.89. The van der Waals surface area contributed by atoms with Gasteiger partial charge in [0.1, 0.15) is 6.33 Å². The molecule has 1 fully saturated rings. The van der Waals surface area contributed by atoms with Crippen LogP contribution in [-0.4, -0.2) is 20.7 Å². The topological polar surface area (TPSA) is 59.8 Å². The quantitative estimate of drug-likeness (QED) is 0.803. The first-order valence-electron chi connectivity index (χ1n) is 8.03. The number of para-hydroxylation sites is 1. The summed E-state index contributed by atoms with van der Waals surface area (Å²) >= 11 is 0. The number of nitrogens with one attached hydrogen (secondary N) is 1. The largest absolute Gasteiger partial charge is 0.325 e. The van der Waals surface area contributed by atoms with Crippen LogP contribution in [0.4, 0.5) is 5.69 Å². The number of hydrogen-bond acceptors (Lipinski definition) is 3. The van der Waals surface area contributed by atoms with Crippen LogP contribution < -0.4 is 5.32 Å². The lowest BCUT2D eigenvalue weighted by molar-refractivity contribution is -0.117. The highest BCUT2D eigenvalue weighted by Crippen LogP contribution is 2.48. The lowest BCUT2D eigenvalue weighted by Gasteiger charge is -2.10. The molecule has 0 bridgehead atoms. The van der Waals surface area contributed by atoms with Crippen LogP contribution in [0.25, 0.3) is 11.4 Å². The summed E-state index contributed by atoms with van der Waals surface area (Å²) in [5.41, 5.74) is 2.89. The van der Waals surface area contributed by atoms with Gasteiger partial charge in [0.05, 0.1) is 5.69 Å². The number of hydrogen-bond donors (Lipinski definition) is 1. The molecule has 3 aromatic rings. The van der Waals surface area contributed by atoms with Gasteiger partial charge in [-0.25, -0.2) is 0 Å². The van der Waals surface area contributed by atoms with E-state index < -0.39 is 0 Å². The van der Waals surface area contributed by atoms with Crippen LogP contribution in [-0.2, 0) is 11.8 Å². The molecule has 1 amide bonds. The summed E-state index contributed by atoms with van der Waals surface area (Å²) in [6.45, 7) is 0. The third kappa shape index (κ3) is 2.69. The Bertz CT molecular complexity index is 872. The maximum absolute atomic E-state index is 12.6. The molecule has 2 atom stereocenters. The summed E-state index contributed by atoms with van der Waals surface area (Å²) < 4.78 is 1.84. The number of nitrogens with zero attached hydrogens (tertiary/aromatic N) is 3. The smallest absolute Gasteiger partial charge is 0.228 e. The number of aryl methyl sites for hydroxylation is 1. The molecule has 1 N–H and O–H groups in total. The number of carbonyl (C=O) groups excluding carboxylic acids is 1. The van der Waals surface area contributed by atoms with Crippen LogP contribution in [0.2, 0.25) is 0 Å². The highest BCUT2D eigenvalue weighted by atomic mass is 16.2. The van der Waals surface area contributed by atoms with E-state index in [1.165, 1.54) is 5.56 Å². The van der Waals surface area contributed by atoms with Gasteiger partial charge in [0.25, 0.3) is 0 Å². The van der Waals surface area contributed by atoms with Crippen LogP contribution in [0.5, 0.6) is 0 Å². The number of benzene rings is 2. The van der Waals surface area contributed by atoms with Crippen molar-refractivity contribution in [3.8, 4) is 11.4 Å². The van der Waals surface area contributed by atoms with Gasteiger partial charge in [-0.1, -0.05) is 42.5 Å². The molecule has 24 heavy (non-hydrogen) atoms. The molecule has 4 rings (SSSR count). The molecule has 1 aliphatic rings. The third-order valence-electron chi connectivity index (χ3n) is 4.49. The maximum Gasteiger partial charge on any atom is 0.228 e. The van der Waals surface area contributed by atoms with Gasteiger partial charge in [-0.15, -0.1) is 10.2 Å². The molecule has 0 aliphatic heterocycles. The first-order chi connectivity index (χ1) is 11.7. The van der Waals surface area contributed by atoms with Crippen molar-refractivity contribution < 1.29 is 4.79 Å². The SMILES string of the molecule is Cn1cnnc1-c1ccccc1NC(=O)[C@H]1C[C@@H]1c1ccccc1. The van der Waals surface area contributed by atoms with E-state index in [-0.39, 0.29) is 11.8 Å². The fraction of sp³-hybridized carbons (Fsp3) is 0.211. The number of aromatic nitrogens is 3. The molecular weight excluding hydrogens is 300 g/mol. The van der Waals surface area contributed by atoms with Gasteiger partial charge in [-0.05, 0) is 30.0 Å². The minimum absolute atomic E-state index is 0.0416. The maximum atomic E-state index is 12.6. The Labute approximate surface area is 140 Å². The Balaban J connectivity index is 1.53. The second-order valence-corrected chi connectivity index (χ2v) is 6.16. The van der Waals surface area contributed by atoms with Gasteiger partial charge in [0.2, 0.25) is 5.91 Å². The first-order valence-corrected chi connectivity index (χ1v) is 8.03. The van der Waals surface area contributed by atoms with E-state index >= 15 is 0 Å². The standard InChI is InChI=1S/C19H18N4O/c1-23-12-20-22-18(23)14-9-5-6-10-17(14)21-19(24)16-11-15(16)13-7-3-2-4-8-13/h2-10,12,15-16H,11H2,1H3,(H,21,24)/t15-,16+/m1/s1. The Hall–Kier alpha value is -2.95. The predicted octanol–water partition coefficient (Wildman–Crippen LogP) is 3.22. The fourth-order valence-corrected chi connectivity index (χ4v) is 3.09. The normalized spacial score (nSPS) is 19.0. The van der Waals surface area contributed by atoms with E-state index in [4.69, 9.17) is 0 Å². The Morgan fingerprint density at radius 3 is 2.62 bits per heavy atom. The number of carbonyl (C=O) groups is 1. The third-order valence-corrected chi connectivity index (χ3v) is 4.49. The minimum atomic E-state index is 0.0416. The summed E-state index contributed by atoms with van der Waals surface area (Å²) in [4.78, 5) is 12.6. The van der Waals surface area contributed by atoms with Crippen molar-refractivity contribution in [3.63, 3.8) is 0 Å². The molecule has 2 aromatic carbocycles. The second kappa shape index (κ2) is 5.92. The van der Waals surface area contributed by atoms with Gasteiger partial charge >= 0.3 is 0 Å². The van der Waals surface area contributed by atoms with Gasteiger partial charge in [0, 0.05) is 18.5 Å². The van der Waals surface area contributed by atoms with Crippen LogP contribution in [0.3, 0.4) is 0 Å². The molecule has 5 nitrogen and oxygen atoms in total. The van der Waals surface area contributed by atoms with Crippen LogP contribution >= 0.6 is 0 Å². The fourth-order valence-electron chi connectivity index (χ4n) is 3.09. The van der Waals surface area contributed by atoms with Gasteiger partial charge < -0.3 is 9.88 Å². The number of anilines is 1. The monoisotopic (exact) mass is 318 g/mol. The van der Waals surface area contributed by atoms with Crippen molar-refractivity contribution in [2.45, 2.75) is 12.3 Å². The first kappa shape index (κ1) is 14.6. The van der Waals surface area contributed by atoms with E-state index in [2.05, 4.69) is 27.6 Å². The number of amides is 1. The molecule has 1 aliphatic carbocycles. The Kier molecular flexibility index (Phi) is 3.61. The average molecular weight is 318 g/mol. The zero-order valence-corrected chi connectivity index (χ0v) is 13.4. The molecule has 0 spiro atoms. The van der Waals surface area contributed by atoms with Crippen LogP contribution in [0.15, 0.2) is 60.9 Å². The van der Waals surface area contributed by atoms with Crippen molar-refractivity contribution >= 4 is 11.6 Å². The minimum Gasteiger partial charge on any atom is -0.325 e. The summed E-state index contributed by atoms with van der Waals surface area (Å²) in [6.07, 6.45) is 2.56. The van der Waals surface area contributed by atoms with Crippen molar-refractivity contribution in [2.75, 3.05) is 5.32 Å². The summed E-state index contributed by atoms with van der Waals surface area (Å²) in [5.74, 6) is 1.17. The molecule has 1 heterocycles. The van der Waals surface area contributed by atoms with Gasteiger partial charge in [-0.2, -0.15) is 0 Å². The van der Waals surface area contributed by atoms with Crippen molar-refractivity contribution in [1.82, 2.24) is 14.8 Å². The summed E-state index contributed by atoms with van der Waals surface area (Å²) in [5, 5.41) is 11.1. The Morgan fingerprint density at radius 2 is 1.88 bits per heavy atom. The Morgan fingerprint density at radius 1 is 1.12 bits per heavy atom. The van der Waals surface area contributed by atoms with Crippen molar-refractivity contribution in [1.29, 1.82) is 0 Å². The van der Waals surface area contributed by atoms with E-state index in [0.717, 1.165) is 23.5 Å². The van der Waals surface area contributed by atoms with Crippen LogP contribution in [0, 0.1) is 5.92 Å². The van der Waals surface area contributed by atoms with Crippen LogP contribution in [0.1, 0.15) is 17.9 Å². The number of rotatable bonds is 4. The molecule has 0 unspecified atom stereocenters. The zero-order chi connectivity index (χ0) is 16.5. The van der Waals surface area contributed by atoms with Gasteiger partial charge in [-0.3, -0.25) is 4.79 Å². The highest BCUT2D eigenvalue weighted by molar-refractivity contribution is 5.98. The molecule has 5 heteroatoms. The second-order valence-electron chi connectivity index (χ2n) is 6.16.